The predicted octanol–water partition coefficient (Wildman–Crippen LogP) is 4.06. The molecular weight excluding hydrogens is 385 g/mol. The first-order valence-corrected chi connectivity index (χ1v) is 9.33. The van der Waals surface area contributed by atoms with E-state index in [1.54, 1.807) is 6.07 Å². The fraction of sp³-hybridized carbons (Fsp3) is 0.400. The quantitative estimate of drug-likeness (QED) is 0.651. The Bertz CT molecular complexity index is 1010. The van der Waals surface area contributed by atoms with Crippen LogP contribution in [0.5, 0.6) is 5.75 Å². The van der Waals surface area contributed by atoms with Crippen LogP contribution in [0.1, 0.15) is 17.1 Å². The van der Waals surface area contributed by atoms with E-state index in [9.17, 15) is 13.2 Å². The SMILES string of the molecule is Cc1cc(N2CCN(Cc3cc(C)on3)CC2)c2cc(OC(F)(F)F)ccc2n1. The maximum Gasteiger partial charge on any atom is 0.573 e. The van der Waals surface area contributed by atoms with E-state index in [2.05, 4.69) is 24.7 Å². The average Bonchev–Trinajstić information content (AvgIpc) is 3.05. The number of benzene rings is 1. The van der Waals surface area contributed by atoms with E-state index in [-0.39, 0.29) is 5.75 Å². The molecule has 0 N–H and O–H groups in total. The summed E-state index contributed by atoms with van der Waals surface area (Å²) in [5.41, 5.74) is 3.24. The third-order valence-corrected chi connectivity index (χ3v) is 4.90. The molecule has 154 valence electrons. The number of alkyl halides is 3. The fourth-order valence-electron chi connectivity index (χ4n) is 3.64. The van der Waals surface area contributed by atoms with Crippen molar-refractivity contribution in [3.8, 4) is 5.75 Å². The fourth-order valence-corrected chi connectivity index (χ4v) is 3.64. The third-order valence-electron chi connectivity index (χ3n) is 4.90. The van der Waals surface area contributed by atoms with Crippen LogP contribution < -0.4 is 9.64 Å². The number of rotatable bonds is 4. The maximum absolute atomic E-state index is 12.6. The van der Waals surface area contributed by atoms with Crippen LogP contribution in [0.25, 0.3) is 10.9 Å². The minimum absolute atomic E-state index is 0.239. The molecule has 3 heterocycles. The number of hydrogen-bond acceptors (Lipinski definition) is 6. The normalized spacial score (nSPS) is 15.8. The topological polar surface area (TPSA) is 54.6 Å². The highest BCUT2D eigenvalue weighted by Crippen LogP contribution is 2.32. The van der Waals surface area contributed by atoms with E-state index >= 15 is 0 Å². The number of halogens is 3. The van der Waals surface area contributed by atoms with Crippen LogP contribution in [-0.2, 0) is 6.54 Å². The number of hydrogen-bond donors (Lipinski definition) is 0. The second-order valence-corrected chi connectivity index (χ2v) is 7.20. The van der Waals surface area contributed by atoms with Gasteiger partial charge in [0.25, 0.3) is 0 Å². The van der Waals surface area contributed by atoms with Crippen LogP contribution in [0, 0.1) is 13.8 Å². The number of anilines is 1. The van der Waals surface area contributed by atoms with Gasteiger partial charge in [-0.25, -0.2) is 0 Å². The number of ether oxygens (including phenoxy) is 1. The first kappa shape index (κ1) is 19.5. The Balaban J connectivity index is 1.54. The summed E-state index contributed by atoms with van der Waals surface area (Å²) in [4.78, 5) is 8.91. The van der Waals surface area contributed by atoms with Crippen molar-refractivity contribution in [2.45, 2.75) is 26.8 Å². The second-order valence-electron chi connectivity index (χ2n) is 7.20. The lowest BCUT2D eigenvalue weighted by Gasteiger charge is -2.36. The summed E-state index contributed by atoms with van der Waals surface area (Å²) in [6.07, 6.45) is -4.73. The van der Waals surface area contributed by atoms with Gasteiger partial charge in [0.1, 0.15) is 11.5 Å². The van der Waals surface area contributed by atoms with Crippen molar-refractivity contribution in [3.63, 3.8) is 0 Å². The zero-order valence-electron chi connectivity index (χ0n) is 16.2. The van der Waals surface area contributed by atoms with Gasteiger partial charge in [-0.2, -0.15) is 0 Å². The van der Waals surface area contributed by atoms with Gasteiger partial charge >= 0.3 is 6.36 Å². The molecule has 0 spiro atoms. The zero-order chi connectivity index (χ0) is 20.6. The third kappa shape index (κ3) is 4.61. The standard InChI is InChI=1S/C20H21F3N4O2/c1-13-9-19(17-11-16(28-20(21,22)23)3-4-18(17)24-13)27-7-5-26(6-8-27)12-15-10-14(2)29-25-15/h3-4,9-11H,5-8,12H2,1-2H3. The number of aryl methyl sites for hydroxylation is 2. The Hall–Kier alpha value is -2.81. The molecule has 4 rings (SSSR count). The molecule has 1 aliphatic rings. The first-order valence-electron chi connectivity index (χ1n) is 9.33. The maximum atomic E-state index is 12.6. The lowest BCUT2D eigenvalue weighted by molar-refractivity contribution is -0.274. The molecule has 0 aliphatic carbocycles. The van der Waals surface area contributed by atoms with Crippen LogP contribution in [0.3, 0.4) is 0 Å². The van der Waals surface area contributed by atoms with Crippen molar-refractivity contribution in [3.05, 3.63) is 47.5 Å². The molecule has 0 radical (unpaired) electrons. The molecule has 29 heavy (non-hydrogen) atoms. The molecule has 6 nitrogen and oxygen atoms in total. The van der Waals surface area contributed by atoms with E-state index < -0.39 is 6.36 Å². The van der Waals surface area contributed by atoms with Crippen LogP contribution in [0.4, 0.5) is 18.9 Å². The average molecular weight is 406 g/mol. The van der Waals surface area contributed by atoms with Crippen molar-refractivity contribution in [1.29, 1.82) is 0 Å². The van der Waals surface area contributed by atoms with Gasteiger partial charge in [0, 0.05) is 55.6 Å². The molecule has 1 aliphatic heterocycles. The van der Waals surface area contributed by atoms with Crippen LogP contribution in [-0.4, -0.2) is 47.6 Å². The summed E-state index contributed by atoms with van der Waals surface area (Å²) in [6.45, 7) is 7.58. The molecule has 0 atom stereocenters. The van der Waals surface area contributed by atoms with Gasteiger partial charge < -0.3 is 14.2 Å². The highest BCUT2D eigenvalue weighted by atomic mass is 19.4. The predicted molar refractivity (Wildman–Crippen MR) is 102 cm³/mol. The summed E-state index contributed by atoms with van der Waals surface area (Å²) in [5.74, 6) is 0.547. The van der Waals surface area contributed by atoms with E-state index in [0.29, 0.717) is 17.4 Å². The molecule has 1 saturated heterocycles. The molecule has 1 fully saturated rings. The van der Waals surface area contributed by atoms with Crippen molar-refractivity contribution in [2.75, 3.05) is 31.1 Å². The highest BCUT2D eigenvalue weighted by molar-refractivity contribution is 5.93. The van der Waals surface area contributed by atoms with Gasteiger partial charge in [-0.15, -0.1) is 13.2 Å². The molecule has 0 saturated carbocycles. The smallest absolute Gasteiger partial charge is 0.406 e. The molecule has 1 aromatic carbocycles. The molecule has 0 bridgehead atoms. The molecule has 3 aromatic rings. The van der Waals surface area contributed by atoms with Crippen LogP contribution >= 0.6 is 0 Å². The Labute approximate surface area is 165 Å². The van der Waals surface area contributed by atoms with Crippen molar-refractivity contribution >= 4 is 16.6 Å². The Morgan fingerprint density at radius 2 is 1.83 bits per heavy atom. The molecular formula is C20H21F3N4O2. The zero-order valence-corrected chi connectivity index (χ0v) is 16.2. The van der Waals surface area contributed by atoms with Gasteiger partial charge in [-0.1, -0.05) is 5.16 Å². The van der Waals surface area contributed by atoms with Gasteiger partial charge in [0.15, 0.2) is 0 Å². The van der Waals surface area contributed by atoms with Crippen molar-refractivity contribution in [1.82, 2.24) is 15.0 Å². The molecule has 2 aromatic heterocycles. The number of aromatic nitrogens is 2. The van der Waals surface area contributed by atoms with Crippen molar-refractivity contribution < 1.29 is 22.4 Å². The lowest BCUT2D eigenvalue weighted by atomic mass is 10.1. The Morgan fingerprint density at radius 1 is 1.07 bits per heavy atom. The van der Waals surface area contributed by atoms with Crippen LogP contribution in [0.15, 0.2) is 34.9 Å². The number of pyridine rings is 1. The van der Waals surface area contributed by atoms with Gasteiger partial charge in [0.2, 0.25) is 0 Å². The molecule has 0 unspecified atom stereocenters. The van der Waals surface area contributed by atoms with E-state index in [1.165, 1.54) is 12.1 Å². The number of fused-ring (bicyclic) bond motifs is 1. The minimum Gasteiger partial charge on any atom is -0.406 e. The summed E-state index contributed by atoms with van der Waals surface area (Å²) in [7, 11) is 0. The number of nitrogens with zero attached hydrogens (tertiary/aromatic N) is 4. The summed E-state index contributed by atoms with van der Waals surface area (Å²) in [5, 5.41) is 4.69. The summed E-state index contributed by atoms with van der Waals surface area (Å²) >= 11 is 0. The van der Waals surface area contributed by atoms with Gasteiger partial charge in [0.05, 0.1) is 11.2 Å². The van der Waals surface area contributed by atoms with E-state index in [4.69, 9.17) is 4.52 Å². The highest BCUT2D eigenvalue weighted by Gasteiger charge is 2.31. The van der Waals surface area contributed by atoms with Crippen LogP contribution in [0.2, 0.25) is 0 Å². The summed E-state index contributed by atoms with van der Waals surface area (Å²) < 4.78 is 47.1. The molecule has 0 amide bonds. The first-order chi connectivity index (χ1) is 13.8. The second kappa shape index (κ2) is 7.55. The monoisotopic (exact) mass is 406 g/mol. The molecule has 9 heteroatoms. The Kier molecular flexibility index (Phi) is 5.08. The lowest BCUT2D eigenvalue weighted by Crippen LogP contribution is -2.46. The number of piperazine rings is 1. The van der Waals surface area contributed by atoms with E-state index in [0.717, 1.165) is 49.0 Å². The largest absolute Gasteiger partial charge is 0.573 e. The minimum atomic E-state index is -4.73. The summed E-state index contributed by atoms with van der Waals surface area (Å²) in [6, 6.07) is 8.11. The van der Waals surface area contributed by atoms with Crippen molar-refractivity contribution in [2.24, 2.45) is 0 Å². The Morgan fingerprint density at radius 3 is 2.48 bits per heavy atom. The van der Waals surface area contributed by atoms with Gasteiger partial charge in [-0.3, -0.25) is 9.88 Å². The van der Waals surface area contributed by atoms with Gasteiger partial charge in [-0.05, 0) is 38.1 Å². The van der Waals surface area contributed by atoms with E-state index in [1.807, 2.05) is 26.0 Å².